The van der Waals surface area contributed by atoms with Gasteiger partial charge < -0.3 is 5.32 Å². The van der Waals surface area contributed by atoms with E-state index < -0.39 is 0 Å². The first-order valence-corrected chi connectivity index (χ1v) is 6.18. The Kier molecular flexibility index (Phi) is 4.54. The van der Waals surface area contributed by atoms with Crippen LogP contribution in [0.1, 0.15) is 46.7 Å². The molecule has 1 unspecified atom stereocenters. The van der Waals surface area contributed by atoms with E-state index in [1.54, 1.807) is 0 Å². The number of nitrogens with one attached hydrogen (secondary N) is 1. The fourth-order valence-corrected chi connectivity index (χ4v) is 1.40. The summed E-state index contributed by atoms with van der Waals surface area (Å²) in [5.74, 6) is 0.698. The third kappa shape index (κ3) is 4.79. The summed E-state index contributed by atoms with van der Waals surface area (Å²) in [6.07, 6.45) is 3.28. The van der Waals surface area contributed by atoms with Crippen LogP contribution in [-0.4, -0.2) is 15.3 Å². The highest BCUT2D eigenvalue weighted by atomic mass is 15.3. The van der Waals surface area contributed by atoms with Crippen LogP contribution in [0.5, 0.6) is 0 Å². The molecule has 1 aromatic rings. The van der Waals surface area contributed by atoms with Crippen LogP contribution in [0, 0.1) is 5.92 Å². The summed E-state index contributed by atoms with van der Waals surface area (Å²) in [5, 5.41) is 8.00. The average molecular weight is 223 g/mol. The maximum Gasteiger partial charge on any atom is 0.0762 e. The van der Waals surface area contributed by atoms with Gasteiger partial charge in [0.25, 0.3) is 0 Å². The van der Waals surface area contributed by atoms with Crippen molar-refractivity contribution in [2.24, 2.45) is 5.92 Å². The lowest BCUT2D eigenvalue weighted by atomic mass is 10.1. The molecule has 1 N–H and O–H groups in total. The number of hydrogen-bond donors (Lipinski definition) is 1. The van der Waals surface area contributed by atoms with Crippen molar-refractivity contribution < 1.29 is 0 Å². The van der Waals surface area contributed by atoms with E-state index in [4.69, 9.17) is 0 Å². The second-order valence-electron chi connectivity index (χ2n) is 5.65. The summed E-state index contributed by atoms with van der Waals surface area (Å²) in [6, 6.07) is 2.10. The van der Waals surface area contributed by atoms with Crippen molar-refractivity contribution in [3.05, 3.63) is 18.0 Å². The molecule has 0 aliphatic heterocycles. The lowest BCUT2D eigenvalue weighted by Crippen LogP contribution is -2.35. The SMILES string of the molecule is CCC(C)Cn1ccc(CNC(C)(C)C)n1. The van der Waals surface area contributed by atoms with Crippen molar-refractivity contribution in [3.63, 3.8) is 0 Å². The van der Waals surface area contributed by atoms with Gasteiger partial charge in [-0.25, -0.2) is 0 Å². The van der Waals surface area contributed by atoms with Crippen LogP contribution in [-0.2, 0) is 13.1 Å². The summed E-state index contributed by atoms with van der Waals surface area (Å²) >= 11 is 0. The Labute approximate surface area is 99.2 Å². The highest BCUT2D eigenvalue weighted by Gasteiger charge is 2.09. The number of rotatable bonds is 5. The van der Waals surface area contributed by atoms with E-state index >= 15 is 0 Å². The van der Waals surface area contributed by atoms with Crippen LogP contribution in [0.25, 0.3) is 0 Å². The molecule has 0 saturated heterocycles. The fourth-order valence-electron chi connectivity index (χ4n) is 1.40. The van der Waals surface area contributed by atoms with Crippen LogP contribution in [0.2, 0.25) is 0 Å². The molecule has 0 fully saturated rings. The summed E-state index contributed by atoms with van der Waals surface area (Å²) in [7, 11) is 0. The highest BCUT2D eigenvalue weighted by molar-refractivity contribution is 4.99. The van der Waals surface area contributed by atoms with Crippen molar-refractivity contribution in [1.29, 1.82) is 0 Å². The van der Waals surface area contributed by atoms with Gasteiger partial charge in [-0.2, -0.15) is 5.10 Å². The topological polar surface area (TPSA) is 29.9 Å². The van der Waals surface area contributed by atoms with Gasteiger partial charge in [0.2, 0.25) is 0 Å². The van der Waals surface area contributed by atoms with Crippen LogP contribution < -0.4 is 5.32 Å². The van der Waals surface area contributed by atoms with E-state index in [9.17, 15) is 0 Å². The molecule has 1 rings (SSSR count). The Balaban J connectivity index is 2.45. The van der Waals surface area contributed by atoms with Crippen molar-refractivity contribution in [2.75, 3.05) is 0 Å². The Morgan fingerprint density at radius 3 is 2.69 bits per heavy atom. The second-order valence-corrected chi connectivity index (χ2v) is 5.65. The molecule has 0 spiro atoms. The van der Waals surface area contributed by atoms with E-state index in [1.807, 2.05) is 4.68 Å². The molecule has 0 aliphatic rings. The molecule has 0 saturated carbocycles. The number of aromatic nitrogens is 2. The minimum atomic E-state index is 0.153. The van der Waals surface area contributed by atoms with E-state index in [1.165, 1.54) is 6.42 Å². The summed E-state index contributed by atoms with van der Waals surface area (Å²) in [6.45, 7) is 12.9. The Bertz CT molecular complexity index is 309. The summed E-state index contributed by atoms with van der Waals surface area (Å²) < 4.78 is 2.05. The van der Waals surface area contributed by atoms with Gasteiger partial charge in [-0.3, -0.25) is 4.68 Å². The lowest BCUT2D eigenvalue weighted by Gasteiger charge is -2.19. The fraction of sp³-hybridized carbons (Fsp3) is 0.769. The zero-order chi connectivity index (χ0) is 12.2. The second kappa shape index (κ2) is 5.48. The van der Waals surface area contributed by atoms with Gasteiger partial charge in [-0.1, -0.05) is 20.3 Å². The van der Waals surface area contributed by atoms with Gasteiger partial charge in [0.1, 0.15) is 0 Å². The van der Waals surface area contributed by atoms with Crippen molar-refractivity contribution in [2.45, 2.75) is 59.7 Å². The van der Waals surface area contributed by atoms with Crippen LogP contribution in [0.3, 0.4) is 0 Å². The van der Waals surface area contributed by atoms with Crippen LogP contribution in [0.4, 0.5) is 0 Å². The van der Waals surface area contributed by atoms with E-state index in [0.29, 0.717) is 5.92 Å². The summed E-state index contributed by atoms with van der Waals surface area (Å²) in [4.78, 5) is 0. The molecule has 92 valence electrons. The smallest absolute Gasteiger partial charge is 0.0762 e. The zero-order valence-electron chi connectivity index (χ0n) is 11.2. The molecule has 0 radical (unpaired) electrons. The maximum absolute atomic E-state index is 4.56. The first-order chi connectivity index (χ1) is 7.40. The van der Waals surface area contributed by atoms with Gasteiger partial charge in [0.15, 0.2) is 0 Å². The predicted molar refractivity (Wildman–Crippen MR) is 68.3 cm³/mol. The predicted octanol–water partition coefficient (Wildman–Crippen LogP) is 2.82. The molecule has 0 bridgehead atoms. The molecule has 0 aromatic carbocycles. The minimum absolute atomic E-state index is 0.153. The molecule has 1 heterocycles. The average Bonchev–Trinajstić information content (AvgIpc) is 2.61. The number of nitrogens with zero attached hydrogens (tertiary/aromatic N) is 2. The van der Waals surface area contributed by atoms with Gasteiger partial charge in [0.05, 0.1) is 5.69 Å². The molecule has 3 heteroatoms. The van der Waals surface area contributed by atoms with Crippen molar-refractivity contribution >= 4 is 0 Å². The monoisotopic (exact) mass is 223 g/mol. The molecular formula is C13H25N3. The highest BCUT2D eigenvalue weighted by Crippen LogP contribution is 2.06. The van der Waals surface area contributed by atoms with Crippen LogP contribution >= 0.6 is 0 Å². The van der Waals surface area contributed by atoms with Gasteiger partial charge in [-0.15, -0.1) is 0 Å². The molecule has 1 atom stereocenters. The maximum atomic E-state index is 4.56. The molecule has 0 amide bonds. The van der Waals surface area contributed by atoms with E-state index in [-0.39, 0.29) is 5.54 Å². The Morgan fingerprint density at radius 1 is 1.44 bits per heavy atom. The third-order valence-corrected chi connectivity index (χ3v) is 2.69. The first-order valence-electron chi connectivity index (χ1n) is 6.18. The van der Waals surface area contributed by atoms with Crippen molar-refractivity contribution in [3.8, 4) is 0 Å². The number of hydrogen-bond acceptors (Lipinski definition) is 2. The summed E-state index contributed by atoms with van der Waals surface area (Å²) in [5.41, 5.74) is 1.28. The quantitative estimate of drug-likeness (QED) is 0.832. The van der Waals surface area contributed by atoms with Gasteiger partial charge >= 0.3 is 0 Å². The molecule has 3 nitrogen and oxygen atoms in total. The molecule has 16 heavy (non-hydrogen) atoms. The molecule has 0 aliphatic carbocycles. The standard InChI is InChI=1S/C13H25N3/c1-6-11(2)10-16-8-7-12(15-16)9-14-13(3,4)5/h7-8,11,14H,6,9-10H2,1-5H3. The Morgan fingerprint density at radius 2 is 2.12 bits per heavy atom. The van der Waals surface area contributed by atoms with Crippen LogP contribution in [0.15, 0.2) is 12.3 Å². The van der Waals surface area contributed by atoms with Crippen molar-refractivity contribution in [1.82, 2.24) is 15.1 Å². The normalized spacial score (nSPS) is 14.1. The lowest BCUT2D eigenvalue weighted by molar-refractivity contribution is 0.411. The van der Waals surface area contributed by atoms with E-state index in [0.717, 1.165) is 18.8 Å². The Hall–Kier alpha value is -0.830. The van der Waals surface area contributed by atoms with Gasteiger partial charge in [0, 0.05) is 24.8 Å². The zero-order valence-corrected chi connectivity index (χ0v) is 11.2. The molecule has 1 aromatic heterocycles. The van der Waals surface area contributed by atoms with E-state index in [2.05, 4.69) is 57.3 Å². The third-order valence-electron chi connectivity index (χ3n) is 2.69. The van der Waals surface area contributed by atoms with Gasteiger partial charge in [-0.05, 0) is 32.8 Å². The molecular weight excluding hydrogens is 198 g/mol. The first kappa shape index (κ1) is 13.2. The minimum Gasteiger partial charge on any atom is -0.306 e. The largest absolute Gasteiger partial charge is 0.306 e.